The van der Waals surface area contributed by atoms with Gasteiger partial charge in [0, 0.05) is 27.2 Å². The molecule has 0 aliphatic rings. The first-order chi connectivity index (χ1) is 9.11. The molecule has 1 N–H and O–H groups in total. The molecule has 2 aromatic rings. The summed E-state index contributed by atoms with van der Waals surface area (Å²) in [5.41, 5.74) is 1.09. The van der Waals surface area contributed by atoms with E-state index in [2.05, 4.69) is 40.1 Å². The fourth-order valence-corrected chi connectivity index (χ4v) is 3.15. The maximum absolute atomic E-state index is 6.01. The lowest BCUT2D eigenvalue weighted by atomic mass is 10.2. The van der Waals surface area contributed by atoms with Crippen LogP contribution in [0.25, 0.3) is 10.6 Å². The van der Waals surface area contributed by atoms with Gasteiger partial charge in [-0.3, -0.25) is 0 Å². The Morgan fingerprint density at radius 2 is 2.26 bits per heavy atom. The zero-order chi connectivity index (χ0) is 13.8. The Balaban J connectivity index is 2.18. The lowest BCUT2D eigenvalue weighted by Crippen LogP contribution is -2.18. The first-order valence-corrected chi connectivity index (χ1v) is 8.25. The van der Waals surface area contributed by atoms with E-state index in [0.29, 0.717) is 6.04 Å². The molecule has 0 bridgehead atoms. The molecule has 0 spiro atoms. The summed E-state index contributed by atoms with van der Waals surface area (Å²) in [5.74, 6) is 0. The van der Waals surface area contributed by atoms with Gasteiger partial charge in [0.25, 0.3) is 0 Å². The second kappa shape index (κ2) is 6.84. The van der Waals surface area contributed by atoms with E-state index in [-0.39, 0.29) is 0 Å². The van der Waals surface area contributed by atoms with Crippen molar-refractivity contribution in [2.24, 2.45) is 0 Å². The molecule has 1 unspecified atom stereocenters. The van der Waals surface area contributed by atoms with Gasteiger partial charge in [-0.2, -0.15) is 0 Å². The quantitative estimate of drug-likeness (QED) is 0.785. The summed E-state index contributed by atoms with van der Waals surface area (Å²) in [6.45, 7) is 5.37. The summed E-state index contributed by atoms with van der Waals surface area (Å²) in [7, 11) is 0. The molecule has 0 amide bonds. The van der Waals surface area contributed by atoms with Crippen LogP contribution in [0.5, 0.6) is 0 Å². The first-order valence-electron chi connectivity index (χ1n) is 6.26. The molecule has 1 aromatic heterocycles. The van der Waals surface area contributed by atoms with Crippen molar-refractivity contribution in [1.82, 2.24) is 10.3 Å². The minimum Gasteiger partial charge on any atom is -0.309 e. The molecule has 1 heterocycles. The number of nitrogens with one attached hydrogen (secondary N) is 1. The highest BCUT2D eigenvalue weighted by molar-refractivity contribution is 9.10. The molecule has 102 valence electrons. The van der Waals surface area contributed by atoms with Crippen LogP contribution in [0.15, 0.2) is 28.9 Å². The average Bonchev–Trinajstić information content (AvgIpc) is 2.89. The Morgan fingerprint density at radius 3 is 2.95 bits per heavy atom. The first kappa shape index (κ1) is 15.0. The van der Waals surface area contributed by atoms with Gasteiger partial charge < -0.3 is 5.32 Å². The largest absolute Gasteiger partial charge is 0.309 e. The molecule has 2 nitrogen and oxygen atoms in total. The Kier molecular flexibility index (Phi) is 5.39. The summed E-state index contributed by atoms with van der Waals surface area (Å²) in [4.78, 5) is 5.76. The predicted octanol–water partition coefficient (Wildman–Crippen LogP) is 5.29. The van der Waals surface area contributed by atoms with Gasteiger partial charge in [0.05, 0.1) is 5.02 Å². The SMILES string of the molecule is CCCNC(C)c1cnc(-c2ccc(Cl)c(Br)c2)s1. The maximum Gasteiger partial charge on any atom is 0.123 e. The lowest BCUT2D eigenvalue weighted by Gasteiger charge is -2.09. The number of hydrogen-bond acceptors (Lipinski definition) is 3. The molecule has 19 heavy (non-hydrogen) atoms. The van der Waals surface area contributed by atoms with Gasteiger partial charge in [0.2, 0.25) is 0 Å². The van der Waals surface area contributed by atoms with Crippen LogP contribution in [-0.2, 0) is 0 Å². The van der Waals surface area contributed by atoms with Gasteiger partial charge in [0.1, 0.15) is 5.01 Å². The number of benzene rings is 1. The minimum absolute atomic E-state index is 0.349. The van der Waals surface area contributed by atoms with Crippen LogP contribution in [-0.4, -0.2) is 11.5 Å². The zero-order valence-electron chi connectivity index (χ0n) is 10.9. The van der Waals surface area contributed by atoms with Gasteiger partial charge in [-0.1, -0.05) is 24.6 Å². The maximum atomic E-state index is 6.01. The third kappa shape index (κ3) is 3.78. The van der Waals surface area contributed by atoms with E-state index < -0.39 is 0 Å². The lowest BCUT2D eigenvalue weighted by molar-refractivity contribution is 0.577. The Morgan fingerprint density at radius 1 is 1.47 bits per heavy atom. The standard InChI is InChI=1S/C14H16BrClN2S/c1-3-6-17-9(2)13-8-18-14(19-13)10-4-5-12(16)11(15)7-10/h4-5,7-9,17H,3,6H2,1-2H3. The van der Waals surface area contributed by atoms with Gasteiger partial charge in [-0.05, 0) is 48.0 Å². The third-order valence-electron chi connectivity index (χ3n) is 2.82. The van der Waals surface area contributed by atoms with Crippen LogP contribution in [0, 0.1) is 0 Å². The third-order valence-corrected chi connectivity index (χ3v) is 5.26. The van der Waals surface area contributed by atoms with Crippen molar-refractivity contribution in [1.29, 1.82) is 0 Å². The second-order valence-electron chi connectivity index (χ2n) is 4.37. The van der Waals surface area contributed by atoms with E-state index in [1.807, 2.05) is 24.4 Å². The van der Waals surface area contributed by atoms with E-state index >= 15 is 0 Å². The van der Waals surface area contributed by atoms with Gasteiger partial charge in [-0.15, -0.1) is 11.3 Å². The van der Waals surface area contributed by atoms with E-state index in [9.17, 15) is 0 Å². The fourth-order valence-electron chi connectivity index (χ4n) is 1.71. The normalized spacial score (nSPS) is 12.6. The van der Waals surface area contributed by atoms with Gasteiger partial charge in [-0.25, -0.2) is 4.98 Å². The van der Waals surface area contributed by atoms with Crippen molar-refractivity contribution in [2.75, 3.05) is 6.54 Å². The number of aromatic nitrogens is 1. The van der Waals surface area contributed by atoms with Crippen molar-refractivity contribution in [3.05, 3.63) is 38.8 Å². The molecule has 1 atom stereocenters. The van der Waals surface area contributed by atoms with Crippen LogP contribution in [0.3, 0.4) is 0 Å². The Labute approximate surface area is 131 Å². The highest BCUT2D eigenvalue weighted by atomic mass is 79.9. The molecular formula is C14H16BrClN2S. The number of hydrogen-bond donors (Lipinski definition) is 1. The predicted molar refractivity (Wildman–Crippen MR) is 87.0 cm³/mol. The highest BCUT2D eigenvalue weighted by Crippen LogP contribution is 2.32. The number of rotatable bonds is 5. The number of thiazole rings is 1. The van der Waals surface area contributed by atoms with E-state index in [1.54, 1.807) is 11.3 Å². The number of halogens is 2. The molecule has 5 heteroatoms. The van der Waals surface area contributed by atoms with Crippen molar-refractivity contribution in [3.63, 3.8) is 0 Å². The van der Waals surface area contributed by atoms with Gasteiger partial charge >= 0.3 is 0 Å². The summed E-state index contributed by atoms with van der Waals surface area (Å²) in [5, 5.41) is 5.22. The van der Waals surface area contributed by atoms with Crippen LogP contribution < -0.4 is 5.32 Å². The van der Waals surface area contributed by atoms with Crippen LogP contribution in [0.2, 0.25) is 5.02 Å². The summed E-state index contributed by atoms with van der Waals surface area (Å²) < 4.78 is 0.903. The fraction of sp³-hybridized carbons (Fsp3) is 0.357. The van der Waals surface area contributed by atoms with Crippen LogP contribution in [0.1, 0.15) is 31.2 Å². The van der Waals surface area contributed by atoms with Crippen molar-refractivity contribution in [3.8, 4) is 10.6 Å². The van der Waals surface area contributed by atoms with Gasteiger partial charge in [0.15, 0.2) is 0 Å². The van der Waals surface area contributed by atoms with E-state index in [0.717, 1.165) is 33.0 Å². The van der Waals surface area contributed by atoms with E-state index in [1.165, 1.54) is 4.88 Å². The monoisotopic (exact) mass is 358 g/mol. The molecule has 0 fully saturated rings. The average molecular weight is 360 g/mol. The number of nitrogens with zero attached hydrogens (tertiary/aromatic N) is 1. The minimum atomic E-state index is 0.349. The van der Waals surface area contributed by atoms with Crippen LogP contribution >= 0.6 is 38.9 Å². The molecule has 0 saturated carbocycles. The Bertz CT molecular complexity index is 556. The Hall–Kier alpha value is -0.420. The van der Waals surface area contributed by atoms with Crippen LogP contribution in [0.4, 0.5) is 0 Å². The topological polar surface area (TPSA) is 24.9 Å². The van der Waals surface area contributed by atoms with E-state index in [4.69, 9.17) is 11.6 Å². The highest BCUT2D eigenvalue weighted by Gasteiger charge is 2.11. The summed E-state index contributed by atoms with van der Waals surface area (Å²) >= 11 is 11.2. The molecule has 0 aliphatic heterocycles. The summed E-state index contributed by atoms with van der Waals surface area (Å²) in [6.07, 6.45) is 3.09. The smallest absolute Gasteiger partial charge is 0.123 e. The summed E-state index contributed by atoms with van der Waals surface area (Å²) in [6, 6.07) is 6.25. The molecule has 1 aromatic carbocycles. The molecule has 2 rings (SSSR count). The van der Waals surface area contributed by atoms with Crippen molar-refractivity contribution >= 4 is 38.9 Å². The zero-order valence-corrected chi connectivity index (χ0v) is 14.1. The van der Waals surface area contributed by atoms with Crippen molar-refractivity contribution in [2.45, 2.75) is 26.3 Å². The molecule has 0 saturated heterocycles. The van der Waals surface area contributed by atoms with Crippen molar-refractivity contribution < 1.29 is 0 Å². The molecule has 0 aliphatic carbocycles. The molecule has 0 radical (unpaired) electrons. The molecular weight excluding hydrogens is 344 g/mol. The second-order valence-corrected chi connectivity index (χ2v) is 6.70.